The molecule has 1 N–H and O–H groups in total. The molecule has 0 heterocycles. The average molecular weight is 208 g/mol. The van der Waals surface area contributed by atoms with Gasteiger partial charge in [-0.1, -0.05) is 0 Å². The van der Waals surface area contributed by atoms with Crippen LogP contribution in [0.25, 0.3) is 0 Å². The molecule has 78 valence electrons. The van der Waals surface area contributed by atoms with Crippen molar-refractivity contribution in [1.29, 1.82) is 0 Å². The van der Waals surface area contributed by atoms with Crippen LogP contribution in [0.15, 0.2) is 0 Å². The zero-order chi connectivity index (χ0) is 10.3. The summed E-state index contributed by atoms with van der Waals surface area (Å²) in [6.07, 6.45) is 0.938. The van der Waals surface area contributed by atoms with E-state index >= 15 is 0 Å². The largest absolute Gasteiger partial charge is 0.337 e. The summed E-state index contributed by atoms with van der Waals surface area (Å²) in [5.74, 6) is 0. The number of urea groups is 1. The SMILES string of the molecule is CCN(Cl)C(=O)NCCCN(C)C. The number of hydrogen-bond donors (Lipinski definition) is 1. The molecule has 0 radical (unpaired) electrons. The molecule has 0 aliphatic rings. The van der Waals surface area contributed by atoms with Crippen LogP contribution < -0.4 is 5.32 Å². The van der Waals surface area contributed by atoms with Gasteiger partial charge < -0.3 is 10.2 Å². The molecular formula is C8H18ClN3O. The average Bonchev–Trinajstić information content (AvgIpc) is 2.10. The Balaban J connectivity index is 3.37. The molecule has 2 amide bonds. The van der Waals surface area contributed by atoms with Crippen molar-refractivity contribution in [2.75, 3.05) is 33.7 Å². The summed E-state index contributed by atoms with van der Waals surface area (Å²) in [7, 11) is 4.00. The van der Waals surface area contributed by atoms with Crippen molar-refractivity contribution in [3.63, 3.8) is 0 Å². The summed E-state index contributed by atoms with van der Waals surface area (Å²) < 4.78 is 1.13. The predicted octanol–water partition coefficient (Wildman–Crippen LogP) is 1.12. The maximum atomic E-state index is 11.1. The summed E-state index contributed by atoms with van der Waals surface area (Å²) in [5.41, 5.74) is 0. The van der Waals surface area contributed by atoms with Crippen LogP contribution in [0.5, 0.6) is 0 Å². The Hall–Kier alpha value is -0.480. The fourth-order valence-corrected chi connectivity index (χ4v) is 0.880. The van der Waals surface area contributed by atoms with E-state index in [0.29, 0.717) is 13.1 Å². The summed E-state index contributed by atoms with van der Waals surface area (Å²) in [5, 5.41) is 2.72. The Morgan fingerprint density at radius 1 is 1.46 bits per heavy atom. The molecule has 0 aromatic rings. The minimum absolute atomic E-state index is 0.220. The van der Waals surface area contributed by atoms with E-state index in [1.54, 1.807) is 0 Å². The van der Waals surface area contributed by atoms with Crippen LogP contribution in [-0.4, -0.2) is 49.1 Å². The fraction of sp³-hybridized carbons (Fsp3) is 0.875. The normalized spacial score (nSPS) is 10.2. The molecule has 0 bridgehead atoms. The minimum atomic E-state index is -0.220. The molecular weight excluding hydrogens is 190 g/mol. The molecule has 4 nitrogen and oxygen atoms in total. The maximum Gasteiger partial charge on any atom is 0.331 e. The first-order valence-electron chi connectivity index (χ1n) is 4.43. The van der Waals surface area contributed by atoms with Gasteiger partial charge in [-0.25, -0.2) is 9.21 Å². The first kappa shape index (κ1) is 12.5. The molecule has 0 aromatic carbocycles. The second-order valence-corrected chi connectivity index (χ2v) is 3.48. The molecule has 0 saturated heterocycles. The zero-order valence-corrected chi connectivity index (χ0v) is 9.26. The summed E-state index contributed by atoms with van der Waals surface area (Å²) in [4.78, 5) is 13.2. The van der Waals surface area contributed by atoms with Gasteiger partial charge in [0.05, 0.1) is 0 Å². The second-order valence-electron chi connectivity index (χ2n) is 3.07. The van der Waals surface area contributed by atoms with Gasteiger partial charge >= 0.3 is 6.03 Å². The van der Waals surface area contributed by atoms with E-state index in [2.05, 4.69) is 10.2 Å². The lowest BCUT2D eigenvalue weighted by atomic mass is 10.4. The molecule has 5 heteroatoms. The highest BCUT2D eigenvalue weighted by molar-refractivity contribution is 6.20. The molecule has 0 rings (SSSR count). The first-order valence-corrected chi connectivity index (χ1v) is 4.77. The lowest BCUT2D eigenvalue weighted by molar-refractivity contribution is 0.225. The summed E-state index contributed by atoms with van der Waals surface area (Å²) in [6, 6.07) is -0.220. The van der Waals surface area contributed by atoms with Gasteiger partial charge in [-0.3, -0.25) is 0 Å². The van der Waals surface area contributed by atoms with E-state index in [-0.39, 0.29) is 6.03 Å². The molecule has 0 aliphatic heterocycles. The van der Waals surface area contributed by atoms with Gasteiger partial charge in [0.1, 0.15) is 0 Å². The van der Waals surface area contributed by atoms with Gasteiger partial charge in [0.15, 0.2) is 0 Å². The molecule has 0 unspecified atom stereocenters. The van der Waals surface area contributed by atoms with Gasteiger partial charge in [-0.2, -0.15) is 0 Å². The lowest BCUT2D eigenvalue weighted by Gasteiger charge is -2.13. The third-order valence-electron chi connectivity index (χ3n) is 1.56. The van der Waals surface area contributed by atoms with E-state index in [9.17, 15) is 4.79 Å². The van der Waals surface area contributed by atoms with Crippen molar-refractivity contribution in [3.05, 3.63) is 0 Å². The lowest BCUT2D eigenvalue weighted by Crippen LogP contribution is -2.35. The van der Waals surface area contributed by atoms with E-state index in [1.165, 1.54) is 0 Å². The number of rotatable bonds is 5. The van der Waals surface area contributed by atoms with Crippen molar-refractivity contribution in [2.24, 2.45) is 0 Å². The number of carbonyl (C=O) groups is 1. The number of amides is 2. The van der Waals surface area contributed by atoms with Crippen molar-refractivity contribution in [1.82, 2.24) is 14.6 Å². The van der Waals surface area contributed by atoms with Crippen LogP contribution in [0.4, 0.5) is 4.79 Å². The summed E-state index contributed by atoms with van der Waals surface area (Å²) >= 11 is 5.57. The van der Waals surface area contributed by atoms with E-state index < -0.39 is 0 Å². The number of nitrogens with zero attached hydrogens (tertiary/aromatic N) is 2. The van der Waals surface area contributed by atoms with Crippen LogP contribution in [0.2, 0.25) is 0 Å². The van der Waals surface area contributed by atoms with Crippen molar-refractivity contribution in [3.8, 4) is 0 Å². The molecule has 13 heavy (non-hydrogen) atoms. The highest BCUT2D eigenvalue weighted by Crippen LogP contribution is 1.92. The van der Waals surface area contributed by atoms with E-state index in [0.717, 1.165) is 17.4 Å². The van der Waals surface area contributed by atoms with Crippen LogP contribution >= 0.6 is 11.8 Å². The third-order valence-corrected chi connectivity index (χ3v) is 1.95. The molecule has 0 saturated carbocycles. The third kappa shape index (κ3) is 6.66. The Bertz CT molecular complexity index is 152. The van der Waals surface area contributed by atoms with Gasteiger partial charge in [-0.05, 0) is 34.0 Å². The van der Waals surface area contributed by atoms with Gasteiger partial charge in [0, 0.05) is 24.9 Å². The van der Waals surface area contributed by atoms with Gasteiger partial charge in [0.2, 0.25) is 0 Å². The van der Waals surface area contributed by atoms with Crippen molar-refractivity contribution >= 4 is 17.8 Å². The van der Waals surface area contributed by atoms with Gasteiger partial charge in [-0.15, -0.1) is 0 Å². The van der Waals surface area contributed by atoms with Crippen LogP contribution in [0, 0.1) is 0 Å². The molecule has 0 spiro atoms. The van der Waals surface area contributed by atoms with Crippen molar-refractivity contribution < 1.29 is 4.79 Å². The molecule has 0 aliphatic carbocycles. The van der Waals surface area contributed by atoms with Gasteiger partial charge in [0.25, 0.3) is 0 Å². The maximum absolute atomic E-state index is 11.1. The fourth-order valence-electron chi connectivity index (χ4n) is 0.820. The number of halogens is 1. The quantitative estimate of drug-likeness (QED) is 0.542. The highest BCUT2D eigenvalue weighted by Gasteiger charge is 2.06. The number of nitrogens with one attached hydrogen (secondary N) is 1. The first-order chi connectivity index (χ1) is 6.07. The smallest absolute Gasteiger partial charge is 0.331 e. The molecule has 0 aromatic heterocycles. The number of hydrogen-bond acceptors (Lipinski definition) is 2. The minimum Gasteiger partial charge on any atom is -0.337 e. The Labute approximate surface area is 84.9 Å². The standard InChI is InChI=1S/C8H18ClN3O/c1-4-12(9)8(13)10-6-5-7-11(2)3/h4-7H2,1-3H3,(H,10,13). The molecule has 0 atom stereocenters. The summed E-state index contributed by atoms with van der Waals surface area (Å²) in [6.45, 7) is 3.97. The monoisotopic (exact) mass is 207 g/mol. The topological polar surface area (TPSA) is 35.6 Å². The van der Waals surface area contributed by atoms with Crippen LogP contribution in [0.1, 0.15) is 13.3 Å². The predicted molar refractivity (Wildman–Crippen MR) is 54.8 cm³/mol. The van der Waals surface area contributed by atoms with Crippen molar-refractivity contribution in [2.45, 2.75) is 13.3 Å². The Morgan fingerprint density at radius 2 is 2.08 bits per heavy atom. The second kappa shape index (κ2) is 6.97. The Morgan fingerprint density at radius 3 is 2.54 bits per heavy atom. The van der Waals surface area contributed by atoms with Crippen LogP contribution in [0.3, 0.4) is 0 Å². The van der Waals surface area contributed by atoms with E-state index in [1.807, 2.05) is 21.0 Å². The van der Waals surface area contributed by atoms with Crippen LogP contribution in [-0.2, 0) is 0 Å². The Kier molecular flexibility index (Phi) is 6.72. The highest BCUT2D eigenvalue weighted by atomic mass is 35.5. The zero-order valence-electron chi connectivity index (χ0n) is 8.51. The molecule has 0 fully saturated rings. The van der Waals surface area contributed by atoms with E-state index in [4.69, 9.17) is 11.8 Å². The number of carbonyl (C=O) groups excluding carboxylic acids is 1.